The Bertz CT molecular complexity index is 214. The molecular formula is C13H26N2O. The zero-order chi connectivity index (χ0) is 12.0. The number of unbranched alkanes of at least 4 members (excludes halogenated alkanes) is 3. The summed E-state index contributed by atoms with van der Waals surface area (Å²) >= 11 is 0. The summed E-state index contributed by atoms with van der Waals surface area (Å²) in [6, 6.07) is 0.441. The molecule has 1 rings (SSSR count). The van der Waals surface area contributed by atoms with E-state index in [-0.39, 0.29) is 0 Å². The van der Waals surface area contributed by atoms with Gasteiger partial charge in [-0.05, 0) is 45.1 Å². The molecule has 1 aliphatic rings. The Kier molecular flexibility index (Phi) is 5.81. The Morgan fingerprint density at radius 2 is 1.94 bits per heavy atom. The van der Waals surface area contributed by atoms with Gasteiger partial charge in [0.2, 0.25) is 5.91 Å². The standard InChI is InChI=1S/C13H26N2O/c1-11(12-8-9-12)15(2)13(16)7-5-3-4-6-10-14/h11-12H,3-10,14H2,1-2H3. The molecule has 2 N–H and O–H groups in total. The number of amides is 1. The molecule has 0 aliphatic heterocycles. The molecule has 94 valence electrons. The molecule has 0 aromatic heterocycles. The average molecular weight is 226 g/mol. The molecule has 16 heavy (non-hydrogen) atoms. The van der Waals surface area contributed by atoms with Crippen molar-refractivity contribution in [1.29, 1.82) is 0 Å². The maximum Gasteiger partial charge on any atom is 0.222 e. The molecule has 1 atom stereocenters. The van der Waals surface area contributed by atoms with E-state index in [0.29, 0.717) is 18.4 Å². The van der Waals surface area contributed by atoms with Crippen molar-refractivity contribution in [2.75, 3.05) is 13.6 Å². The molecule has 1 aliphatic carbocycles. The number of nitrogens with zero attached hydrogens (tertiary/aromatic N) is 1. The normalized spacial score (nSPS) is 17.2. The van der Waals surface area contributed by atoms with Gasteiger partial charge in [-0.3, -0.25) is 4.79 Å². The molecule has 1 amide bonds. The lowest BCUT2D eigenvalue weighted by molar-refractivity contribution is -0.132. The van der Waals surface area contributed by atoms with Gasteiger partial charge in [0.1, 0.15) is 0 Å². The van der Waals surface area contributed by atoms with Gasteiger partial charge in [-0.25, -0.2) is 0 Å². The fourth-order valence-electron chi connectivity index (χ4n) is 2.07. The summed E-state index contributed by atoms with van der Waals surface area (Å²) in [5.41, 5.74) is 5.42. The highest BCUT2D eigenvalue weighted by molar-refractivity contribution is 5.76. The number of hydrogen-bond acceptors (Lipinski definition) is 2. The van der Waals surface area contributed by atoms with Crippen LogP contribution in [0.5, 0.6) is 0 Å². The zero-order valence-electron chi connectivity index (χ0n) is 10.7. The lowest BCUT2D eigenvalue weighted by Gasteiger charge is -2.24. The van der Waals surface area contributed by atoms with Crippen molar-refractivity contribution in [3.8, 4) is 0 Å². The van der Waals surface area contributed by atoms with Gasteiger partial charge in [0, 0.05) is 19.5 Å². The van der Waals surface area contributed by atoms with Crippen LogP contribution in [0.25, 0.3) is 0 Å². The summed E-state index contributed by atoms with van der Waals surface area (Å²) in [6.45, 7) is 2.94. The van der Waals surface area contributed by atoms with Crippen LogP contribution in [-0.2, 0) is 4.79 Å². The third-order valence-electron chi connectivity index (χ3n) is 3.65. The smallest absolute Gasteiger partial charge is 0.222 e. The van der Waals surface area contributed by atoms with Crippen molar-refractivity contribution >= 4 is 5.91 Å². The summed E-state index contributed by atoms with van der Waals surface area (Å²) in [6.07, 6.45) is 7.70. The molecule has 0 spiro atoms. The van der Waals surface area contributed by atoms with Crippen LogP contribution in [0.1, 0.15) is 51.9 Å². The van der Waals surface area contributed by atoms with E-state index < -0.39 is 0 Å². The third kappa shape index (κ3) is 4.52. The first-order chi connectivity index (χ1) is 7.66. The molecule has 0 saturated heterocycles. The van der Waals surface area contributed by atoms with E-state index in [4.69, 9.17) is 5.73 Å². The first-order valence-electron chi connectivity index (χ1n) is 6.62. The molecule has 1 saturated carbocycles. The first-order valence-corrected chi connectivity index (χ1v) is 6.62. The maximum absolute atomic E-state index is 11.9. The molecule has 3 nitrogen and oxygen atoms in total. The second-order valence-electron chi connectivity index (χ2n) is 5.04. The van der Waals surface area contributed by atoms with Gasteiger partial charge in [0.25, 0.3) is 0 Å². The topological polar surface area (TPSA) is 46.3 Å². The van der Waals surface area contributed by atoms with Gasteiger partial charge in [-0.2, -0.15) is 0 Å². The molecule has 0 aromatic rings. The minimum Gasteiger partial charge on any atom is -0.343 e. The SMILES string of the molecule is CC(C1CC1)N(C)C(=O)CCCCCCN. The van der Waals surface area contributed by atoms with E-state index in [2.05, 4.69) is 6.92 Å². The van der Waals surface area contributed by atoms with Crippen LogP contribution in [0.15, 0.2) is 0 Å². The Morgan fingerprint density at radius 3 is 2.50 bits per heavy atom. The summed E-state index contributed by atoms with van der Waals surface area (Å²) in [4.78, 5) is 13.8. The van der Waals surface area contributed by atoms with Crippen LogP contribution in [0.3, 0.4) is 0 Å². The van der Waals surface area contributed by atoms with E-state index >= 15 is 0 Å². The lowest BCUT2D eigenvalue weighted by atomic mass is 10.1. The van der Waals surface area contributed by atoms with Crippen LogP contribution in [0.2, 0.25) is 0 Å². The fraction of sp³-hybridized carbons (Fsp3) is 0.923. The van der Waals surface area contributed by atoms with Crippen LogP contribution >= 0.6 is 0 Å². The van der Waals surface area contributed by atoms with Crippen molar-refractivity contribution in [2.45, 2.75) is 57.9 Å². The molecule has 3 heteroatoms. The summed E-state index contributed by atoms with van der Waals surface area (Å²) in [5.74, 6) is 1.08. The predicted molar refractivity (Wildman–Crippen MR) is 67.1 cm³/mol. The molecular weight excluding hydrogens is 200 g/mol. The number of nitrogens with two attached hydrogens (primary N) is 1. The van der Waals surface area contributed by atoms with Gasteiger partial charge < -0.3 is 10.6 Å². The average Bonchev–Trinajstić information content (AvgIpc) is 3.10. The van der Waals surface area contributed by atoms with Gasteiger partial charge in [0.05, 0.1) is 0 Å². The van der Waals surface area contributed by atoms with Gasteiger partial charge in [-0.1, -0.05) is 12.8 Å². The second-order valence-corrected chi connectivity index (χ2v) is 5.04. The largest absolute Gasteiger partial charge is 0.343 e. The van der Waals surface area contributed by atoms with E-state index in [9.17, 15) is 4.79 Å². The molecule has 1 fully saturated rings. The van der Waals surface area contributed by atoms with Gasteiger partial charge in [0.15, 0.2) is 0 Å². The lowest BCUT2D eigenvalue weighted by Crippen LogP contribution is -2.36. The molecule has 1 unspecified atom stereocenters. The Hall–Kier alpha value is -0.570. The quantitative estimate of drug-likeness (QED) is 0.645. The number of carbonyl (C=O) groups is 1. The summed E-state index contributed by atoms with van der Waals surface area (Å²) in [5, 5.41) is 0. The predicted octanol–water partition coefficient (Wildman–Crippen LogP) is 2.15. The Balaban J connectivity index is 2.08. The summed E-state index contributed by atoms with van der Waals surface area (Å²) < 4.78 is 0. The van der Waals surface area contributed by atoms with Crippen molar-refractivity contribution in [1.82, 2.24) is 4.90 Å². The first kappa shape index (κ1) is 13.5. The van der Waals surface area contributed by atoms with E-state index in [1.165, 1.54) is 12.8 Å². The Labute approximate surface area is 99.4 Å². The van der Waals surface area contributed by atoms with Crippen molar-refractivity contribution in [3.63, 3.8) is 0 Å². The fourth-order valence-corrected chi connectivity index (χ4v) is 2.07. The third-order valence-corrected chi connectivity index (χ3v) is 3.65. The number of carbonyl (C=O) groups excluding carboxylic acids is 1. The minimum absolute atomic E-state index is 0.312. The highest BCUT2D eigenvalue weighted by Crippen LogP contribution is 2.34. The maximum atomic E-state index is 11.9. The van der Waals surface area contributed by atoms with Crippen LogP contribution in [-0.4, -0.2) is 30.4 Å². The second kappa shape index (κ2) is 6.89. The van der Waals surface area contributed by atoms with Crippen LogP contribution in [0, 0.1) is 5.92 Å². The van der Waals surface area contributed by atoms with E-state index in [1.54, 1.807) is 0 Å². The summed E-state index contributed by atoms with van der Waals surface area (Å²) in [7, 11) is 1.95. The molecule has 0 aromatic carbocycles. The van der Waals surface area contributed by atoms with E-state index in [1.807, 2.05) is 11.9 Å². The molecule has 0 heterocycles. The zero-order valence-corrected chi connectivity index (χ0v) is 10.7. The van der Waals surface area contributed by atoms with Crippen LogP contribution < -0.4 is 5.73 Å². The van der Waals surface area contributed by atoms with Crippen molar-refractivity contribution in [3.05, 3.63) is 0 Å². The van der Waals surface area contributed by atoms with Crippen LogP contribution in [0.4, 0.5) is 0 Å². The monoisotopic (exact) mass is 226 g/mol. The van der Waals surface area contributed by atoms with Crippen molar-refractivity contribution < 1.29 is 4.79 Å². The minimum atomic E-state index is 0.312. The van der Waals surface area contributed by atoms with E-state index in [0.717, 1.165) is 38.1 Å². The highest BCUT2D eigenvalue weighted by Gasteiger charge is 2.31. The number of hydrogen-bond donors (Lipinski definition) is 1. The van der Waals surface area contributed by atoms with Crippen molar-refractivity contribution in [2.24, 2.45) is 11.7 Å². The van der Waals surface area contributed by atoms with Gasteiger partial charge >= 0.3 is 0 Å². The Morgan fingerprint density at radius 1 is 1.31 bits per heavy atom. The highest BCUT2D eigenvalue weighted by atomic mass is 16.2. The number of rotatable bonds is 8. The molecule has 0 bridgehead atoms. The van der Waals surface area contributed by atoms with Gasteiger partial charge in [-0.15, -0.1) is 0 Å². The molecule has 0 radical (unpaired) electrons.